The molecule has 0 spiro atoms. The second-order valence-corrected chi connectivity index (χ2v) is 5.05. The largest absolute Gasteiger partial charge is 0.361 e. The predicted molar refractivity (Wildman–Crippen MR) is 89.0 cm³/mol. The lowest BCUT2D eigenvalue weighted by Gasteiger charge is -2.08. The third kappa shape index (κ3) is 2.31. The lowest BCUT2D eigenvalue weighted by molar-refractivity contribution is 1.28. The number of nitrogens with one attached hydrogen (secondary N) is 2. The lowest BCUT2D eigenvalue weighted by Crippen LogP contribution is -1.94. The molecule has 0 bridgehead atoms. The van der Waals surface area contributed by atoms with Crippen molar-refractivity contribution < 1.29 is 0 Å². The molecule has 0 unspecified atom stereocenters. The van der Waals surface area contributed by atoms with Crippen LogP contribution in [0.15, 0.2) is 73.3 Å². The number of anilines is 2. The Labute approximate surface area is 127 Å². The third-order valence-corrected chi connectivity index (χ3v) is 3.58. The lowest BCUT2D eigenvalue weighted by atomic mass is 10.0. The van der Waals surface area contributed by atoms with Crippen molar-refractivity contribution in [3.8, 4) is 11.1 Å². The van der Waals surface area contributed by atoms with Gasteiger partial charge >= 0.3 is 0 Å². The second-order valence-electron chi connectivity index (χ2n) is 5.05. The maximum atomic E-state index is 4.35. The number of aromatic amines is 1. The summed E-state index contributed by atoms with van der Waals surface area (Å²) in [4.78, 5) is 11.9. The van der Waals surface area contributed by atoms with E-state index in [2.05, 4.69) is 44.5 Å². The summed E-state index contributed by atoms with van der Waals surface area (Å²) in [5, 5.41) is 4.47. The number of aromatic nitrogens is 3. The zero-order chi connectivity index (χ0) is 14.8. The van der Waals surface area contributed by atoms with Crippen LogP contribution in [0.1, 0.15) is 0 Å². The summed E-state index contributed by atoms with van der Waals surface area (Å²) >= 11 is 0. The van der Waals surface area contributed by atoms with Crippen LogP contribution in [0.2, 0.25) is 0 Å². The Morgan fingerprint density at radius 3 is 2.86 bits per heavy atom. The Bertz CT molecular complexity index is 912. The fraction of sp³-hybridized carbons (Fsp3) is 0. The van der Waals surface area contributed by atoms with Crippen LogP contribution in [-0.2, 0) is 0 Å². The summed E-state index contributed by atoms with van der Waals surface area (Å²) in [6.45, 7) is 0. The van der Waals surface area contributed by atoms with Crippen LogP contribution in [-0.4, -0.2) is 15.0 Å². The molecule has 0 saturated heterocycles. The predicted octanol–water partition coefficient (Wildman–Crippen LogP) is 4.37. The molecule has 22 heavy (non-hydrogen) atoms. The molecular weight excluding hydrogens is 272 g/mol. The molecule has 0 saturated carbocycles. The fourth-order valence-electron chi connectivity index (χ4n) is 2.58. The summed E-state index contributed by atoms with van der Waals surface area (Å²) in [5.74, 6) is 0.807. The molecule has 2 N–H and O–H groups in total. The van der Waals surface area contributed by atoms with Gasteiger partial charge in [-0.25, -0.2) is 4.98 Å². The SMILES string of the molecule is c1ccc(Nc2cncc(-c3cccc4[nH]ccc34)c2)nc1. The van der Waals surface area contributed by atoms with Crippen molar-refractivity contribution in [3.63, 3.8) is 0 Å². The zero-order valence-corrected chi connectivity index (χ0v) is 11.8. The summed E-state index contributed by atoms with van der Waals surface area (Å²) < 4.78 is 0. The second kappa shape index (κ2) is 5.33. The Kier molecular flexibility index (Phi) is 3.05. The molecular formula is C18H14N4. The van der Waals surface area contributed by atoms with E-state index in [-0.39, 0.29) is 0 Å². The van der Waals surface area contributed by atoms with Crippen LogP contribution in [0.25, 0.3) is 22.0 Å². The number of hydrogen-bond acceptors (Lipinski definition) is 3. The van der Waals surface area contributed by atoms with Gasteiger partial charge in [0.2, 0.25) is 0 Å². The van der Waals surface area contributed by atoms with Gasteiger partial charge in [0.05, 0.1) is 11.9 Å². The quantitative estimate of drug-likeness (QED) is 0.588. The van der Waals surface area contributed by atoms with Gasteiger partial charge in [0.25, 0.3) is 0 Å². The van der Waals surface area contributed by atoms with E-state index in [0.717, 1.165) is 28.1 Å². The standard InChI is InChI=1S/C18H14N4/c1-2-8-21-18(6-1)22-14-10-13(11-19-12-14)15-4-3-5-17-16(15)7-9-20-17/h1-12,20H,(H,21,22). The zero-order valence-electron chi connectivity index (χ0n) is 11.8. The Morgan fingerprint density at radius 1 is 0.955 bits per heavy atom. The molecule has 3 heterocycles. The van der Waals surface area contributed by atoms with Crippen molar-refractivity contribution in [2.45, 2.75) is 0 Å². The van der Waals surface area contributed by atoms with E-state index in [1.54, 1.807) is 12.4 Å². The first kappa shape index (κ1) is 12.6. The number of nitrogens with zero attached hydrogens (tertiary/aromatic N) is 2. The highest BCUT2D eigenvalue weighted by molar-refractivity contribution is 5.95. The van der Waals surface area contributed by atoms with Crippen molar-refractivity contribution >= 4 is 22.4 Å². The number of benzene rings is 1. The summed E-state index contributed by atoms with van der Waals surface area (Å²) in [5.41, 5.74) is 4.28. The maximum Gasteiger partial charge on any atom is 0.130 e. The van der Waals surface area contributed by atoms with Crippen LogP contribution >= 0.6 is 0 Å². The molecule has 0 fully saturated rings. The van der Waals surface area contributed by atoms with E-state index in [1.807, 2.05) is 36.7 Å². The van der Waals surface area contributed by atoms with E-state index < -0.39 is 0 Å². The average Bonchev–Trinajstić information content (AvgIpc) is 3.04. The maximum absolute atomic E-state index is 4.35. The third-order valence-electron chi connectivity index (χ3n) is 3.58. The Hall–Kier alpha value is -3.14. The molecule has 0 aliphatic carbocycles. The van der Waals surface area contributed by atoms with E-state index in [4.69, 9.17) is 0 Å². The highest BCUT2D eigenvalue weighted by Crippen LogP contribution is 2.29. The highest BCUT2D eigenvalue weighted by Gasteiger charge is 2.06. The number of hydrogen-bond donors (Lipinski definition) is 2. The van der Waals surface area contributed by atoms with Crippen LogP contribution in [0.4, 0.5) is 11.5 Å². The fourth-order valence-corrected chi connectivity index (χ4v) is 2.58. The average molecular weight is 286 g/mol. The van der Waals surface area contributed by atoms with Gasteiger partial charge in [-0.2, -0.15) is 0 Å². The molecule has 0 radical (unpaired) electrons. The van der Waals surface area contributed by atoms with Crippen LogP contribution in [0.5, 0.6) is 0 Å². The molecule has 4 nitrogen and oxygen atoms in total. The Balaban J connectivity index is 1.74. The molecule has 4 aromatic rings. The number of rotatable bonds is 3. The molecule has 0 aliphatic rings. The van der Waals surface area contributed by atoms with E-state index in [9.17, 15) is 0 Å². The number of fused-ring (bicyclic) bond motifs is 1. The van der Waals surface area contributed by atoms with Gasteiger partial charge < -0.3 is 10.3 Å². The van der Waals surface area contributed by atoms with Crippen LogP contribution in [0.3, 0.4) is 0 Å². The molecule has 3 aromatic heterocycles. The van der Waals surface area contributed by atoms with E-state index in [1.165, 1.54) is 5.39 Å². The summed E-state index contributed by atoms with van der Waals surface area (Å²) in [7, 11) is 0. The van der Waals surface area contributed by atoms with Crippen molar-refractivity contribution in [2.75, 3.05) is 5.32 Å². The van der Waals surface area contributed by atoms with Crippen LogP contribution < -0.4 is 5.32 Å². The minimum absolute atomic E-state index is 0.807. The van der Waals surface area contributed by atoms with Gasteiger partial charge in [-0.05, 0) is 35.9 Å². The van der Waals surface area contributed by atoms with Gasteiger partial charge in [0, 0.05) is 35.1 Å². The first-order valence-electron chi connectivity index (χ1n) is 7.10. The normalized spacial score (nSPS) is 10.7. The molecule has 0 atom stereocenters. The van der Waals surface area contributed by atoms with Crippen molar-refractivity contribution in [1.29, 1.82) is 0 Å². The monoisotopic (exact) mass is 286 g/mol. The minimum Gasteiger partial charge on any atom is -0.361 e. The molecule has 4 heteroatoms. The van der Waals surface area contributed by atoms with E-state index >= 15 is 0 Å². The molecule has 4 rings (SSSR count). The number of H-pyrrole nitrogens is 1. The molecule has 0 amide bonds. The van der Waals surface area contributed by atoms with Crippen molar-refractivity contribution in [1.82, 2.24) is 15.0 Å². The number of pyridine rings is 2. The van der Waals surface area contributed by atoms with Crippen LogP contribution in [0, 0.1) is 0 Å². The molecule has 0 aliphatic heterocycles. The topological polar surface area (TPSA) is 53.6 Å². The Morgan fingerprint density at radius 2 is 1.95 bits per heavy atom. The summed E-state index contributed by atoms with van der Waals surface area (Å²) in [6.07, 6.45) is 7.40. The van der Waals surface area contributed by atoms with Gasteiger partial charge in [-0.3, -0.25) is 4.98 Å². The summed E-state index contributed by atoms with van der Waals surface area (Å²) in [6, 6.07) is 16.2. The van der Waals surface area contributed by atoms with Gasteiger partial charge in [0.15, 0.2) is 0 Å². The molecule has 106 valence electrons. The van der Waals surface area contributed by atoms with Crippen molar-refractivity contribution in [2.24, 2.45) is 0 Å². The first-order valence-corrected chi connectivity index (χ1v) is 7.10. The molecule has 1 aromatic carbocycles. The smallest absolute Gasteiger partial charge is 0.130 e. The van der Waals surface area contributed by atoms with Gasteiger partial charge in [-0.1, -0.05) is 18.2 Å². The van der Waals surface area contributed by atoms with Gasteiger partial charge in [-0.15, -0.1) is 0 Å². The van der Waals surface area contributed by atoms with Gasteiger partial charge in [0.1, 0.15) is 5.82 Å². The highest BCUT2D eigenvalue weighted by atomic mass is 15.0. The minimum atomic E-state index is 0.807. The first-order chi connectivity index (χ1) is 10.9. The van der Waals surface area contributed by atoms with E-state index in [0.29, 0.717) is 0 Å². The van der Waals surface area contributed by atoms with Crippen molar-refractivity contribution in [3.05, 3.63) is 73.3 Å².